The molecule has 0 aliphatic rings. The smallest absolute Gasteiger partial charge is 0.320 e. The molecule has 20 heavy (non-hydrogen) atoms. The van der Waals surface area contributed by atoms with Gasteiger partial charge in [0.15, 0.2) is 0 Å². The van der Waals surface area contributed by atoms with Gasteiger partial charge in [0.2, 0.25) is 0 Å². The van der Waals surface area contributed by atoms with E-state index in [0.717, 1.165) is 12.1 Å². The van der Waals surface area contributed by atoms with Crippen molar-refractivity contribution in [2.24, 2.45) is 5.73 Å². The molecule has 0 bridgehead atoms. The normalized spacial score (nSPS) is 13.3. The number of benzene rings is 2. The van der Waals surface area contributed by atoms with Crippen LogP contribution in [0.3, 0.4) is 0 Å². The van der Waals surface area contributed by atoms with Gasteiger partial charge < -0.3 is 5.73 Å². The van der Waals surface area contributed by atoms with Crippen LogP contribution in [0.1, 0.15) is 22.7 Å². The molecule has 0 aromatic heterocycles. The van der Waals surface area contributed by atoms with Gasteiger partial charge >= 0.3 is 6.18 Å². The molecule has 0 aliphatic carbocycles. The molecule has 1 atom stereocenters. The maximum absolute atomic E-state index is 13.7. The Kier molecular flexibility index (Phi) is 4.01. The Bertz CT molecular complexity index is 608. The summed E-state index contributed by atoms with van der Waals surface area (Å²) in [4.78, 5) is 0. The first-order valence-electron chi connectivity index (χ1n) is 5.66. The van der Waals surface area contributed by atoms with Crippen LogP contribution in [-0.2, 0) is 6.18 Å². The van der Waals surface area contributed by atoms with Gasteiger partial charge in [-0.05, 0) is 35.9 Å². The average Bonchev–Trinajstić information content (AvgIpc) is 2.38. The summed E-state index contributed by atoms with van der Waals surface area (Å²) in [5, 5.41) is 0.463. The first-order valence-corrected chi connectivity index (χ1v) is 6.04. The molecule has 0 aliphatic heterocycles. The molecule has 106 valence electrons. The van der Waals surface area contributed by atoms with E-state index >= 15 is 0 Å². The fraction of sp³-hybridized carbons (Fsp3) is 0.143. The largest absolute Gasteiger partial charge is 0.416 e. The highest BCUT2D eigenvalue weighted by Gasteiger charge is 2.31. The van der Waals surface area contributed by atoms with E-state index in [1.165, 1.54) is 0 Å². The van der Waals surface area contributed by atoms with E-state index in [2.05, 4.69) is 0 Å². The number of rotatable bonds is 2. The molecule has 0 saturated heterocycles. The number of halogens is 5. The lowest BCUT2D eigenvalue weighted by molar-refractivity contribution is -0.137. The van der Waals surface area contributed by atoms with E-state index in [1.807, 2.05) is 0 Å². The van der Waals surface area contributed by atoms with Crippen molar-refractivity contribution in [1.82, 2.24) is 0 Å². The third kappa shape index (κ3) is 3.11. The van der Waals surface area contributed by atoms with Crippen molar-refractivity contribution < 1.29 is 17.6 Å². The third-order valence-electron chi connectivity index (χ3n) is 2.89. The van der Waals surface area contributed by atoms with Crippen LogP contribution < -0.4 is 5.73 Å². The topological polar surface area (TPSA) is 26.0 Å². The molecule has 0 fully saturated rings. The molecule has 2 aromatic rings. The monoisotopic (exact) mass is 303 g/mol. The number of hydrogen-bond acceptors (Lipinski definition) is 1. The Morgan fingerprint density at radius 3 is 2.15 bits per heavy atom. The zero-order valence-corrected chi connectivity index (χ0v) is 10.8. The minimum Gasteiger partial charge on any atom is -0.320 e. The number of alkyl halides is 3. The van der Waals surface area contributed by atoms with Gasteiger partial charge in [0, 0.05) is 10.6 Å². The second kappa shape index (κ2) is 5.42. The van der Waals surface area contributed by atoms with Crippen LogP contribution in [0.15, 0.2) is 42.5 Å². The highest BCUT2D eigenvalue weighted by Crippen LogP contribution is 2.32. The van der Waals surface area contributed by atoms with Gasteiger partial charge in [-0.1, -0.05) is 23.7 Å². The zero-order valence-electron chi connectivity index (χ0n) is 10.1. The van der Waals surface area contributed by atoms with Crippen LogP contribution in [0, 0.1) is 5.82 Å². The van der Waals surface area contributed by atoms with Crippen molar-refractivity contribution in [2.75, 3.05) is 0 Å². The van der Waals surface area contributed by atoms with Crippen LogP contribution in [0.4, 0.5) is 17.6 Å². The van der Waals surface area contributed by atoms with Crippen molar-refractivity contribution in [3.63, 3.8) is 0 Å². The van der Waals surface area contributed by atoms with Gasteiger partial charge in [0.1, 0.15) is 5.82 Å². The van der Waals surface area contributed by atoms with Crippen LogP contribution in [0.2, 0.25) is 5.02 Å². The fourth-order valence-corrected chi connectivity index (χ4v) is 1.93. The highest BCUT2D eigenvalue weighted by molar-refractivity contribution is 6.30. The maximum atomic E-state index is 13.7. The summed E-state index contributed by atoms with van der Waals surface area (Å²) in [5.41, 5.74) is 5.17. The second-order valence-electron chi connectivity index (χ2n) is 4.26. The van der Waals surface area contributed by atoms with Gasteiger partial charge in [-0.15, -0.1) is 0 Å². The minimum absolute atomic E-state index is 0.206. The Morgan fingerprint density at radius 2 is 1.60 bits per heavy atom. The molecule has 2 N–H and O–H groups in total. The molecule has 0 heterocycles. The molecular weight excluding hydrogens is 294 g/mol. The molecule has 2 rings (SSSR count). The number of hydrogen-bond donors (Lipinski definition) is 1. The Morgan fingerprint density at radius 1 is 1.00 bits per heavy atom. The first-order chi connectivity index (χ1) is 9.29. The summed E-state index contributed by atoms with van der Waals surface area (Å²) < 4.78 is 51.6. The SMILES string of the molecule is NC(c1ccc(Cl)cc1)c1cc(C(F)(F)F)ccc1F. The molecule has 0 spiro atoms. The van der Waals surface area contributed by atoms with E-state index in [4.69, 9.17) is 17.3 Å². The summed E-state index contributed by atoms with van der Waals surface area (Å²) in [7, 11) is 0. The minimum atomic E-state index is -4.54. The number of nitrogens with two attached hydrogens (primary N) is 1. The predicted octanol–water partition coefficient (Wildman–Crippen LogP) is 4.55. The van der Waals surface area contributed by atoms with Gasteiger partial charge in [0.05, 0.1) is 11.6 Å². The molecule has 0 radical (unpaired) electrons. The van der Waals surface area contributed by atoms with Crippen LogP contribution in [0.25, 0.3) is 0 Å². The van der Waals surface area contributed by atoms with E-state index in [-0.39, 0.29) is 5.56 Å². The summed E-state index contributed by atoms with van der Waals surface area (Å²) in [6.07, 6.45) is -4.54. The molecular formula is C14H10ClF4N. The van der Waals surface area contributed by atoms with Crippen molar-refractivity contribution in [2.45, 2.75) is 12.2 Å². The van der Waals surface area contributed by atoms with Crippen LogP contribution >= 0.6 is 11.6 Å². The van der Waals surface area contributed by atoms with Gasteiger partial charge in [-0.2, -0.15) is 13.2 Å². The Hall–Kier alpha value is -1.59. The van der Waals surface area contributed by atoms with E-state index in [1.54, 1.807) is 24.3 Å². The van der Waals surface area contributed by atoms with Crippen LogP contribution in [-0.4, -0.2) is 0 Å². The molecule has 2 aromatic carbocycles. The van der Waals surface area contributed by atoms with Gasteiger partial charge in [-0.3, -0.25) is 0 Å². The van der Waals surface area contributed by atoms with Crippen molar-refractivity contribution in [3.05, 3.63) is 70.0 Å². The van der Waals surface area contributed by atoms with Gasteiger partial charge in [0.25, 0.3) is 0 Å². The van der Waals surface area contributed by atoms with Crippen molar-refractivity contribution in [1.29, 1.82) is 0 Å². The third-order valence-corrected chi connectivity index (χ3v) is 3.14. The van der Waals surface area contributed by atoms with E-state index < -0.39 is 23.6 Å². The zero-order chi connectivity index (χ0) is 14.9. The van der Waals surface area contributed by atoms with Crippen molar-refractivity contribution >= 4 is 11.6 Å². The fourth-order valence-electron chi connectivity index (χ4n) is 1.81. The summed E-state index contributed by atoms with van der Waals surface area (Å²) in [6.45, 7) is 0. The average molecular weight is 304 g/mol. The van der Waals surface area contributed by atoms with Crippen LogP contribution in [0.5, 0.6) is 0 Å². The molecule has 0 amide bonds. The van der Waals surface area contributed by atoms with Gasteiger partial charge in [-0.25, -0.2) is 4.39 Å². The lowest BCUT2D eigenvalue weighted by Crippen LogP contribution is -2.15. The first kappa shape index (κ1) is 14.8. The molecule has 1 nitrogen and oxygen atoms in total. The van der Waals surface area contributed by atoms with E-state index in [9.17, 15) is 17.6 Å². The molecule has 6 heteroatoms. The van der Waals surface area contributed by atoms with Crippen molar-refractivity contribution in [3.8, 4) is 0 Å². The molecule has 1 unspecified atom stereocenters. The second-order valence-corrected chi connectivity index (χ2v) is 4.70. The Balaban J connectivity index is 2.43. The maximum Gasteiger partial charge on any atom is 0.416 e. The Labute approximate surface area is 118 Å². The lowest BCUT2D eigenvalue weighted by atomic mass is 9.97. The highest BCUT2D eigenvalue weighted by atomic mass is 35.5. The lowest BCUT2D eigenvalue weighted by Gasteiger charge is -2.16. The van der Waals surface area contributed by atoms with E-state index in [0.29, 0.717) is 16.7 Å². The predicted molar refractivity (Wildman–Crippen MR) is 68.9 cm³/mol. The summed E-state index contributed by atoms with van der Waals surface area (Å²) in [6, 6.07) is 7.38. The summed E-state index contributed by atoms with van der Waals surface area (Å²) in [5.74, 6) is -0.777. The standard InChI is InChI=1S/C14H10ClF4N/c15-10-4-1-8(2-5-10)13(20)11-7-9(14(17,18)19)3-6-12(11)16/h1-7,13H,20H2. The molecule has 0 saturated carbocycles. The summed E-state index contributed by atoms with van der Waals surface area (Å²) >= 11 is 5.72. The quantitative estimate of drug-likeness (QED) is 0.810.